The number of hydrogen-bond acceptors (Lipinski definition) is 3. The predicted octanol–water partition coefficient (Wildman–Crippen LogP) is 3.38. The molecule has 2 rings (SSSR count). The van der Waals surface area contributed by atoms with Crippen LogP contribution in [-0.4, -0.2) is 25.9 Å². The van der Waals surface area contributed by atoms with Crippen molar-refractivity contribution < 1.29 is 9.47 Å². The lowest BCUT2D eigenvalue weighted by atomic mass is 9.61. The standard InChI is InChI=1S/C17H27NO2/c1-5-17(3)15(11-16(17)20-6-2)18-12-13-9-7-8-10-14(13)19-4/h7-10,15-16,18H,5-6,11-12H2,1-4H3. The van der Waals surface area contributed by atoms with Gasteiger partial charge in [-0.05, 0) is 25.8 Å². The van der Waals surface area contributed by atoms with E-state index in [1.54, 1.807) is 7.11 Å². The Kier molecular flexibility index (Phi) is 5.06. The molecule has 0 amide bonds. The average Bonchev–Trinajstić information content (AvgIpc) is 2.49. The number of hydrogen-bond donors (Lipinski definition) is 1. The molecular weight excluding hydrogens is 250 g/mol. The molecule has 3 atom stereocenters. The maximum atomic E-state index is 5.85. The highest BCUT2D eigenvalue weighted by molar-refractivity contribution is 5.33. The smallest absolute Gasteiger partial charge is 0.123 e. The molecule has 20 heavy (non-hydrogen) atoms. The van der Waals surface area contributed by atoms with Gasteiger partial charge in [0.05, 0.1) is 13.2 Å². The van der Waals surface area contributed by atoms with Crippen molar-refractivity contribution in [2.24, 2.45) is 5.41 Å². The topological polar surface area (TPSA) is 30.5 Å². The van der Waals surface area contributed by atoms with Gasteiger partial charge in [0.15, 0.2) is 0 Å². The Bertz CT molecular complexity index is 435. The predicted molar refractivity (Wildman–Crippen MR) is 82.1 cm³/mol. The highest BCUT2D eigenvalue weighted by Crippen LogP contribution is 2.46. The zero-order valence-corrected chi connectivity index (χ0v) is 13.1. The van der Waals surface area contributed by atoms with E-state index in [9.17, 15) is 0 Å². The largest absolute Gasteiger partial charge is 0.496 e. The van der Waals surface area contributed by atoms with Gasteiger partial charge in [-0.25, -0.2) is 0 Å². The Morgan fingerprint density at radius 2 is 2.05 bits per heavy atom. The van der Waals surface area contributed by atoms with Crippen LogP contribution in [-0.2, 0) is 11.3 Å². The van der Waals surface area contributed by atoms with Gasteiger partial charge in [-0.15, -0.1) is 0 Å². The van der Waals surface area contributed by atoms with Gasteiger partial charge in [-0.1, -0.05) is 32.0 Å². The summed E-state index contributed by atoms with van der Waals surface area (Å²) in [5, 5.41) is 3.68. The van der Waals surface area contributed by atoms with Gasteiger partial charge in [0.25, 0.3) is 0 Å². The van der Waals surface area contributed by atoms with Gasteiger partial charge >= 0.3 is 0 Å². The molecule has 0 aliphatic heterocycles. The molecule has 3 unspecified atom stereocenters. The summed E-state index contributed by atoms with van der Waals surface area (Å²) < 4.78 is 11.2. The fourth-order valence-electron chi connectivity index (χ4n) is 3.15. The van der Waals surface area contributed by atoms with Gasteiger partial charge in [0.1, 0.15) is 5.75 Å². The first-order valence-corrected chi connectivity index (χ1v) is 7.62. The van der Waals surface area contributed by atoms with Crippen LogP contribution >= 0.6 is 0 Å². The summed E-state index contributed by atoms with van der Waals surface area (Å²) in [6.07, 6.45) is 2.64. The van der Waals surface area contributed by atoms with Crippen LogP contribution in [0.1, 0.15) is 39.2 Å². The third kappa shape index (κ3) is 2.84. The lowest BCUT2D eigenvalue weighted by Gasteiger charge is -2.53. The van der Waals surface area contributed by atoms with E-state index in [0.717, 1.165) is 31.7 Å². The molecule has 0 aromatic heterocycles. The Labute approximate surface area is 122 Å². The van der Waals surface area contributed by atoms with Crippen LogP contribution in [0.25, 0.3) is 0 Å². The van der Waals surface area contributed by atoms with E-state index in [2.05, 4.69) is 38.2 Å². The molecule has 1 aromatic carbocycles. The first-order chi connectivity index (χ1) is 9.65. The monoisotopic (exact) mass is 277 g/mol. The van der Waals surface area contributed by atoms with Crippen LogP contribution < -0.4 is 10.1 Å². The Balaban J connectivity index is 1.95. The highest BCUT2D eigenvalue weighted by atomic mass is 16.5. The summed E-state index contributed by atoms with van der Waals surface area (Å²) in [4.78, 5) is 0. The number of methoxy groups -OCH3 is 1. The fraction of sp³-hybridized carbons (Fsp3) is 0.647. The average molecular weight is 277 g/mol. The van der Waals surface area contributed by atoms with Crippen LogP contribution in [0.15, 0.2) is 24.3 Å². The van der Waals surface area contributed by atoms with Crippen LogP contribution in [0.4, 0.5) is 0 Å². The third-order valence-electron chi connectivity index (χ3n) is 4.84. The van der Waals surface area contributed by atoms with E-state index in [1.165, 1.54) is 5.56 Å². The van der Waals surface area contributed by atoms with Crippen molar-refractivity contribution in [2.45, 2.75) is 52.3 Å². The minimum Gasteiger partial charge on any atom is -0.496 e. The zero-order chi connectivity index (χ0) is 14.6. The molecule has 1 saturated carbocycles. The van der Waals surface area contributed by atoms with E-state index in [4.69, 9.17) is 9.47 Å². The molecule has 0 bridgehead atoms. The molecule has 0 radical (unpaired) electrons. The summed E-state index contributed by atoms with van der Waals surface area (Å²) in [6, 6.07) is 8.72. The van der Waals surface area contributed by atoms with Gasteiger partial charge in [0.2, 0.25) is 0 Å². The minimum absolute atomic E-state index is 0.248. The molecule has 0 heterocycles. The molecule has 3 heteroatoms. The number of para-hydroxylation sites is 1. The van der Waals surface area contributed by atoms with E-state index in [1.807, 2.05) is 12.1 Å². The Hall–Kier alpha value is -1.06. The maximum absolute atomic E-state index is 5.85. The SMILES string of the molecule is CCOC1CC(NCc2ccccc2OC)C1(C)CC. The van der Waals surface area contributed by atoms with E-state index in [-0.39, 0.29) is 5.41 Å². The molecular formula is C17H27NO2. The number of nitrogens with one attached hydrogen (secondary N) is 1. The normalized spacial score (nSPS) is 29.0. The van der Waals surface area contributed by atoms with Crippen molar-refractivity contribution in [3.63, 3.8) is 0 Å². The van der Waals surface area contributed by atoms with Gasteiger partial charge < -0.3 is 14.8 Å². The number of rotatable bonds is 7. The van der Waals surface area contributed by atoms with Crippen molar-refractivity contribution >= 4 is 0 Å². The van der Waals surface area contributed by atoms with E-state index in [0.29, 0.717) is 12.1 Å². The van der Waals surface area contributed by atoms with Crippen LogP contribution in [0.2, 0.25) is 0 Å². The molecule has 1 aromatic rings. The fourth-order valence-corrected chi connectivity index (χ4v) is 3.15. The summed E-state index contributed by atoms with van der Waals surface area (Å²) in [5.74, 6) is 0.957. The molecule has 1 fully saturated rings. The first-order valence-electron chi connectivity index (χ1n) is 7.62. The molecule has 1 aliphatic carbocycles. The Morgan fingerprint density at radius 1 is 1.30 bits per heavy atom. The molecule has 1 N–H and O–H groups in total. The highest BCUT2D eigenvalue weighted by Gasteiger charge is 2.50. The van der Waals surface area contributed by atoms with Crippen LogP contribution in [0.5, 0.6) is 5.75 Å². The van der Waals surface area contributed by atoms with Gasteiger partial charge in [-0.2, -0.15) is 0 Å². The Morgan fingerprint density at radius 3 is 2.70 bits per heavy atom. The van der Waals surface area contributed by atoms with E-state index < -0.39 is 0 Å². The third-order valence-corrected chi connectivity index (χ3v) is 4.84. The molecule has 3 nitrogen and oxygen atoms in total. The zero-order valence-electron chi connectivity index (χ0n) is 13.1. The number of ether oxygens (including phenoxy) is 2. The molecule has 1 aliphatic rings. The second-order valence-electron chi connectivity index (χ2n) is 5.78. The molecule has 0 saturated heterocycles. The quantitative estimate of drug-likeness (QED) is 0.829. The summed E-state index contributed by atoms with van der Waals surface area (Å²) in [5.41, 5.74) is 1.46. The first kappa shape index (κ1) is 15.3. The summed E-state index contributed by atoms with van der Waals surface area (Å²) in [7, 11) is 1.73. The van der Waals surface area contributed by atoms with Crippen molar-refractivity contribution in [2.75, 3.05) is 13.7 Å². The van der Waals surface area contributed by atoms with Crippen molar-refractivity contribution in [3.8, 4) is 5.75 Å². The second-order valence-corrected chi connectivity index (χ2v) is 5.78. The molecule has 112 valence electrons. The van der Waals surface area contributed by atoms with Crippen molar-refractivity contribution in [1.29, 1.82) is 0 Å². The van der Waals surface area contributed by atoms with Crippen LogP contribution in [0.3, 0.4) is 0 Å². The maximum Gasteiger partial charge on any atom is 0.123 e. The minimum atomic E-state index is 0.248. The lowest BCUT2D eigenvalue weighted by Crippen LogP contribution is -2.61. The lowest BCUT2D eigenvalue weighted by molar-refractivity contribution is -0.126. The van der Waals surface area contributed by atoms with Gasteiger partial charge in [-0.3, -0.25) is 0 Å². The van der Waals surface area contributed by atoms with E-state index >= 15 is 0 Å². The summed E-state index contributed by atoms with van der Waals surface area (Å²) in [6.45, 7) is 8.31. The van der Waals surface area contributed by atoms with Crippen LogP contribution in [0, 0.1) is 5.41 Å². The van der Waals surface area contributed by atoms with Gasteiger partial charge in [0, 0.05) is 30.2 Å². The molecule has 0 spiro atoms. The second kappa shape index (κ2) is 6.59. The van der Waals surface area contributed by atoms with Crippen molar-refractivity contribution in [1.82, 2.24) is 5.32 Å². The number of benzene rings is 1. The van der Waals surface area contributed by atoms with Crippen molar-refractivity contribution in [3.05, 3.63) is 29.8 Å². The summed E-state index contributed by atoms with van der Waals surface area (Å²) >= 11 is 0.